The van der Waals surface area contributed by atoms with Gasteiger partial charge in [-0.15, -0.1) is 0 Å². The van der Waals surface area contributed by atoms with Crippen molar-refractivity contribution < 1.29 is 13.2 Å². The zero-order valence-electron chi connectivity index (χ0n) is 9.60. The summed E-state index contributed by atoms with van der Waals surface area (Å²) in [6.45, 7) is 0. The highest BCUT2D eigenvalue weighted by atomic mass is 19.4. The van der Waals surface area contributed by atoms with Gasteiger partial charge in [0.25, 0.3) is 0 Å². The molecule has 0 aliphatic rings. The van der Waals surface area contributed by atoms with Gasteiger partial charge in [-0.1, -0.05) is 0 Å². The minimum Gasteiger partial charge on any atom is -0.334 e. The molecule has 0 atom stereocenters. The van der Waals surface area contributed by atoms with Crippen molar-refractivity contribution in [3.63, 3.8) is 0 Å². The van der Waals surface area contributed by atoms with Gasteiger partial charge in [-0.2, -0.15) is 18.3 Å². The minimum absolute atomic E-state index is 0.101. The molecular formula is C10H7F3N6. The van der Waals surface area contributed by atoms with Crippen molar-refractivity contribution >= 4 is 11.0 Å². The second-order valence-corrected chi connectivity index (χ2v) is 3.92. The molecule has 0 aliphatic heterocycles. The molecular weight excluding hydrogens is 261 g/mol. The number of pyridine rings is 1. The second kappa shape index (κ2) is 3.77. The molecule has 1 N–H and O–H groups in total. The van der Waals surface area contributed by atoms with Gasteiger partial charge in [0.05, 0.1) is 18.0 Å². The normalized spacial score (nSPS) is 12.2. The highest BCUT2D eigenvalue weighted by Gasteiger charge is 2.35. The minimum atomic E-state index is -4.55. The average molecular weight is 268 g/mol. The van der Waals surface area contributed by atoms with Gasteiger partial charge in [0.15, 0.2) is 5.82 Å². The van der Waals surface area contributed by atoms with Crippen LogP contribution >= 0.6 is 0 Å². The summed E-state index contributed by atoms with van der Waals surface area (Å²) < 4.78 is 39.0. The van der Waals surface area contributed by atoms with E-state index in [-0.39, 0.29) is 11.5 Å². The van der Waals surface area contributed by atoms with Crippen LogP contribution < -0.4 is 0 Å². The van der Waals surface area contributed by atoms with Crippen LogP contribution in [0.15, 0.2) is 18.6 Å². The Bertz CT molecular complexity index is 741. The monoisotopic (exact) mass is 268 g/mol. The number of aromatic nitrogens is 6. The quantitative estimate of drug-likeness (QED) is 0.730. The molecule has 0 saturated heterocycles. The van der Waals surface area contributed by atoms with E-state index < -0.39 is 12.0 Å². The van der Waals surface area contributed by atoms with E-state index in [0.717, 1.165) is 5.52 Å². The fraction of sp³-hybridized carbons (Fsp3) is 0.200. The van der Waals surface area contributed by atoms with Gasteiger partial charge < -0.3 is 4.57 Å². The van der Waals surface area contributed by atoms with Crippen LogP contribution in [0.1, 0.15) is 5.82 Å². The van der Waals surface area contributed by atoms with Gasteiger partial charge in [0.1, 0.15) is 11.2 Å². The van der Waals surface area contributed by atoms with Crippen LogP contribution in [0.5, 0.6) is 0 Å². The van der Waals surface area contributed by atoms with Crippen molar-refractivity contribution in [3.05, 3.63) is 24.4 Å². The Balaban J connectivity index is 2.08. The summed E-state index contributed by atoms with van der Waals surface area (Å²) in [7, 11) is 1.78. The maximum atomic E-state index is 12.4. The molecule has 3 aromatic rings. The van der Waals surface area contributed by atoms with Gasteiger partial charge in [-0.25, -0.2) is 9.97 Å². The van der Waals surface area contributed by atoms with Gasteiger partial charge in [0, 0.05) is 7.05 Å². The average Bonchev–Trinajstić information content (AvgIpc) is 2.96. The summed E-state index contributed by atoms with van der Waals surface area (Å²) in [6, 6.07) is 1.59. The number of alkyl halides is 3. The first-order valence-electron chi connectivity index (χ1n) is 5.22. The number of aromatic amines is 1. The maximum absolute atomic E-state index is 12.4. The van der Waals surface area contributed by atoms with Crippen molar-refractivity contribution in [1.82, 2.24) is 29.7 Å². The molecule has 0 radical (unpaired) electrons. The molecule has 0 amide bonds. The van der Waals surface area contributed by atoms with E-state index in [1.165, 1.54) is 6.20 Å². The predicted molar refractivity (Wildman–Crippen MR) is 58.9 cm³/mol. The number of nitrogens with one attached hydrogen (secondary N) is 1. The third-order valence-corrected chi connectivity index (χ3v) is 2.59. The molecule has 0 spiro atoms. The lowest BCUT2D eigenvalue weighted by Gasteiger charge is -1.99. The van der Waals surface area contributed by atoms with Crippen LogP contribution in [-0.2, 0) is 13.2 Å². The van der Waals surface area contributed by atoms with Crippen LogP contribution in [0.2, 0.25) is 0 Å². The van der Waals surface area contributed by atoms with Crippen LogP contribution in [0.3, 0.4) is 0 Å². The summed E-state index contributed by atoms with van der Waals surface area (Å²) in [5.74, 6) is -1.25. The SMILES string of the molecule is Cn1cnc2cnc(-c3n[nH]c(C(F)(F)F)n3)cc21. The van der Waals surface area contributed by atoms with Gasteiger partial charge in [-0.3, -0.25) is 10.1 Å². The van der Waals surface area contributed by atoms with E-state index >= 15 is 0 Å². The third kappa shape index (κ3) is 1.92. The Kier molecular flexibility index (Phi) is 2.31. The molecule has 3 rings (SSSR count). The molecule has 0 unspecified atom stereocenters. The molecule has 6 nitrogen and oxygen atoms in total. The molecule has 0 aliphatic carbocycles. The first kappa shape index (κ1) is 11.6. The summed E-state index contributed by atoms with van der Waals surface area (Å²) in [5, 5.41) is 5.38. The molecule has 3 heterocycles. The van der Waals surface area contributed by atoms with E-state index in [2.05, 4.69) is 20.1 Å². The number of fused-ring (bicyclic) bond motifs is 1. The summed E-state index contributed by atoms with van der Waals surface area (Å²) in [5.41, 5.74) is 1.64. The lowest BCUT2D eigenvalue weighted by atomic mass is 10.3. The highest BCUT2D eigenvalue weighted by Crippen LogP contribution is 2.27. The fourth-order valence-corrected chi connectivity index (χ4v) is 1.66. The van der Waals surface area contributed by atoms with E-state index in [1.54, 1.807) is 24.0 Å². The largest absolute Gasteiger partial charge is 0.451 e. The topological polar surface area (TPSA) is 72.3 Å². The Hall–Kier alpha value is -2.45. The van der Waals surface area contributed by atoms with E-state index in [9.17, 15) is 13.2 Å². The number of aryl methyl sites for hydroxylation is 1. The number of halogens is 3. The lowest BCUT2D eigenvalue weighted by molar-refractivity contribution is -0.144. The van der Waals surface area contributed by atoms with E-state index in [1.807, 2.05) is 5.10 Å². The highest BCUT2D eigenvalue weighted by molar-refractivity contribution is 5.77. The number of rotatable bonds is 1. The van der Waals surface area contributed by atoms with Gasteiger partial charge in [0.2, 0.25) is 5.82 Å². The van der Waals surface area contributed by atoms with E-state index in [0.29, 0.717) is 5.52 Å². The molecule has 0 saturated carbocycles. The maximum Gasteiger partial charge on any atom is 0.451 e. The Morgan fingerprint density at radius 3 is 2.74 bits per heavy atom. The first-order chi connectivity index (χ1) is 8.95. The molecule has 0 fully saturated rings. The van der Waals surface area contributed by atoms with Gasteiger partial charge >= 0.3 is 6.18 Å². The van der Waals surface area contributed by atoms with Crippen LogP contribution in [-0.4, -0.2) is 29.7 Å². The van der Waals surface area contributed by atoms with Crippen molar-refractivity contribution in [2.45, 2.75) is 6.18 Å². The summed E-state index contributed by atoms with van der Waals surface area (Å²) in [6.07, 6.45) is -1.49. The third-order valence-electron chi connectivity index (χ3n) is 2.59. The molecule has 0 bridgehead atoms. The lowest BCUT2D eigenvalue weighted by Crippen LogP contribution is -2.07. The van der Waals surface area contributed by atoms with Crippen LogP contribution in [0.25, 0.3) is 22.6 Å². The zero-order chi connectivity index (χ0) is 13.6. The van der Waals surface area contributed by atoms with Crippen LogP contribution in [0, 0.1) is 0 Å². The molecule has 98 valence electrons. The van der Waals surface area contributed by atoms with Crippen molar-refractivity contribution in [2.75, 3.05) is 0 Å². The Labute approximate surface area is 104 Å². The zero-order valence-corrected chi connectivity index (χ0v) is 9.60. The Morgan fingerprint density at radius 2 is 2.05 bits per heavy atom. The number of H-pyrrole nitrogens is 1. The molecule has 19 heavy (non-hydrogen) atoms. The standard InChI is InChI=1S/C10H7F3N6/c1-19-4-15-6-3-14-5(2-7(6)19)8-16-9(18-17-8)10(11,12)13/h2-4H,1H3,(H,16,17,18). The number of imidazole rings is 1. The van der Waals surface area contributed by atoms with Crippen LogP contribution in [0.4, 0.5) is 13.2 Å². The second-order valence-electron chi connectivity index (χ2n) is 3.92. The smallest absolute Gasteiger partial charge is 0.334 e. The van der Waals surface area contributed by atoms with Crippen molar-refractivity contribution in [2.24, 2.45) is 7.05 Å². The summed E-state index contributed by atoms with van der Waals surface area (Å²) in [4.78, 5) is 11.5. The number of hydrogen-bond acceptors (Lipinski definition) is 4. The fourth-order valence-electron chi connectivity index (χ4n) is 1.66. The van der Waals surface area contributed by atoms with E-state index in [4.69, 9.17) is 0 Å². The first-order valence-corrected chi connectivity index (χ1v) is 5.22. The predicted octanol–water partition coefficient (Wildman–Crippen LogP) is 1.77. The van der Waals surface area contributed by atoms with Crippen molar-refractivity contribution in [3.8, 4) is 11.5 Å². The number of nitrogens with zero attached hydrogens (tertiary/aromatic N) is 5. The Morgan fingerprint density at radius 1 is 1.26 bits per heavy atom. The molecule has 0 aromatic carbocycles. The van der Waals surface area contributed by atoms with Gasteiger partial charge in [-0.05, 0) is 6.07 Å². The molecule has 9 heteroatoms. The number of hydrogen-bond donors (Lipinski definition) is 1. The molecule has 3 aromatic heterocycles. The van der Waals surface area contributed by atoms with Crippen molar-refractivity contribution in [1.29, 1.82) is 0 Å². The summed E-state index contributed by atoms with van der Waals surface area (Å²) >= 11 is 0.